The lowest BCUT2D eigenvalue weighted by Gasteiger charge is -1.96. The van der Waals surface area contributed by atoms with Gasteiger partial charge in [0, 0.05) is 0 Å². The molecule has 0 heterocycles. The van der Waals surface area contributed by atoms with Crippen LogP contribution >= 0.6 is 0 Å². The van der Waals surface area contributed by atoms with Gasteiger partial charge in [-0.3, -0.25) is 0 Å². The standard InChI is InChI=1S/C9H14O/c1-3-5-7-9(8-10)6-4-2/h3-4,7,10H,1-2,5-6,8H2/b9-7+. The quantitative estimate of drug-likeness (QED) is 0.576. The largest absolute Gasteiger partial charge is 0.392 e. The van der Waals surface area contributed by atoms with Crippen molar-refractivity contribution in [2.75, 3.05) is 6.61 Å². The van der Waals surface area contributed by atoms with E-state index < -0.39 is 0 Å². The number of hydrogen-bond donors (Lipinski definition) is 1. The molecule has 1 nitrogen and oxygen atoms in total. The van der Waals surface area contributed by atoms with Crippen molar-refractivity contribution in [3.8, 4) is 0 Å². The molecule has 0 aromatic carbocycles. The number of aliphatic hydroxyl groups excluding tert-OH is 1. The third-order valence-corrected chi connectivity index (χ3v) is 1.18. The van der Waals surface area contributed by atoms with Crippen LogP contribution in [0.3, 0.4) is 0 Å². The Morgan fingerprint density at radius 3 is 2.40 bits per heavy atom. The third kappa shape index (κ3) is 4.10. The highest BCUT2D eigenvalue weighted by Gasteiger charge is 1.88. The van der Waals surface area contributed by atoms with E-state index in [0.717, 1.165) is 18.4 Å². The molecule has 0 atom stereocenters. The van der Waals surface area contributed by atoms with E-state index in [2.05, 4.69) is 13.2 Å². The van der Waals surface area contributed by atoms with E-state index in [1.54, 1.807) is 12.2 Å². The summed E-state index contributed by atoms with van der Waals surface area (Å²) in [4.78, 5) is 0. The Kier molecular flexibility index (Phi) is 5.79. The molecule has 0 amide bonds. The minimum atomic E-state index is 0.125. The Morgan fingerprint density at radius 1 is 1.30 bits per heavy atom. The summed E-state index contributed by atoms with van der Waals surface area (Å²) in [6.45, 7) is 7.28. The highest BCUT2D eigenvalue weighted by Crippen LogP contribution is 2.01. The lowest BCUT2D eigenvalue weighted by atomic mass is 10.1. The molecule has 0 aromatic rings. The van der Waals surface area contributed by atoms with Crippen LogP contribution in [0, 0.1) is 0 Å². The van der Waals surface area contributed by atoms with Gasteiger partial charge in [0.25, 0.3) is 0 Å². The summed E-state index contributed by atoms with van der Waals surface area (Å²) in [5, 5.41) is 8.73. The van der Waals surface area contributed by atoms with Gasteiger partial charge < -0.3 is 5.11 Å². The van der Waals surface area contributed by atoms with Gasteiger partial charge in [0.1, 0.15) is 0 Å². The Labute approximate surface area is 62.4 Å². The van der Waals surface area contributed by atoms with E-state index in [4.69, 9.17) is 5.11 Å². The summed E-state index contributed by atoms with van der Waals surface area (Å²) < 4.78 is 0. The molecular weight excluding hydrogens is 124 g/mol. The SMILES string of the molecule is C=CC/C=C(/CO)CC=C. The Bertz CT molecular complexity index is 134. The molecule has 0 spiro atoms. The fourth-order valence-electron chi connectivity index (χ4n) is 0.648. The zero-order valence-corrected chi connectivity index (χ0v) is 6.21. The van der Waals surface area contributed by atoms with Crippen LogP contribution in [0.2, 0.25) is 0 Å². The van der Waals surface area contributed by atoms with Crippen LogP contribution in [0.4, 0.5) is 0 Å². The molecule has 0 saturated carbocycles. The average Bonchev–Trinajstić information content (AvgIpc) is 1.98. The summed E-state index contributed by atoms with van der Waals surface area (Å²) in [7, 11) is 0. The molecule has 10 heavy (non-hydrogen) atoms. The third-order valence-electron chi connectivity index (χ3n) is 1.18. The number of allylic oxidation sites excluding steroid dienone is 3. The number of rotatable bonds is 5. The highest BCUT2D eigenvalue weighted by atomic mass is 16.3. The van der Waals surface area contributed by atoms with Crippen molar-refractivity contribution >= 4 is 0 Å². The van der Waals surface area contributed by atoms with Gasteiger partial charge in [-0.05, 0) is 18.4 Å². The summed E-state index contributed by atoms with van der Waals surface area (Å²) in [6.07, 6.45) is 7.15. The monoisotopic (exact) mass is 138 g/mol. The fraction of sp³-hybridized carbons (Fsp3) is 0.333. The minimum absolute atomic E-state index is 0.125. The van der Waals surface area contributed by atoms with Crippen molar-refractivity contribution in [2.45, 2.75) is 12.8 Å². The zero-order chi connectivity index (χ0) is 7.82. The van der Waals surface area contributed by atoms with Crippen LogP contribution < -0.4 is 0 Å². The molecule has 0 saturated heterocycles. The van der Waals surface area contributed by atoms with Crippen molar-refractivity contribution in [1.82, 2.24) is 0 Å². The molecular formula is C9H14O. The lowest BCUT2D eigenvalue weighted by molar-refractivity contribution is 0.328. The molecule has 0 bridgehead atoms. The molecule has 0 unspecified atom stereocenters. The van der Waals surface area contributed by atoms with E-state index in [1.165, 1.54) is 0 Å². The van der Waals surface area contributed by atoms with Gasteiger partial charge in [-0.15, -0.1) is 13.2 Å². The second-order valence-corrected chi connectivity index (χ2v) is 2.04. The van der Waals surface area contributed by atoms with Gasteiger partial charge in [-0.25, -0.2) is 0 Å². The van der Waals surface area contributed by atoms with Crippen molar-refractivity contribution in [2.24, 2.45) is 0 Å². The molecule has 0 aromatic heterocycles. The van der Waals surface area contributed by atoms with Crippen molar-refractivity contribution in [3.05, 3.63) is 37.0 Å². The van der Waals surface area contributed by atoms with Gasteiger partial charge in [-0.1, -0.05) is 18.2 Å². The smallest absolute Gasteiger partial charge is 0.0644 e. The Balaban J connectivity index is 3.76. The molecule has 0 aliphatic carbocycles. The van der Waals surface area contributed by atoms with Crippen molar-refractivity contribution in [1.29, 1.82) is 0 Å². The average molecular weight is 138 g/mol. The zero-order valence-electron chi connectivity index (χ0n) is 6.21. The topological polar surface area (TPSA) is 20.2 Å². The van der Waals surface area contributed by atoms with E-state index in [-0.39, 0.29) is 6.61 Å². The van der Waals surface area contributed by atoms with Gasteiger partial charge >= 0.3 is 0 Å². The van der Waals surface area contributed by atoms with E-state index in [9.17, 15) is 0 Å². The lowest BCUT2D eigenvalue weighted by Crippen LogP contribution is -1.87. The number of aliphatic hydroxyl groups is 1. The number of hydrogen-bond acceptors (Lipinski definition) is 1. The van der Waals surface area contributed by atoms with Crippen LogP contribution in [-0.2, 0) is 0 Å². The van der Waals surface area contributed by atoms with Crippen LogP contribution in [0.1, 0.15) is 12.8 Å². The molecule has 0 fully saturated rings. The maximum atomic E-state index is 8.73. The summed E-state index contributed by atoms with van der Waals surface area (Å²) in [5.74, 6) is 0. The summed E-state index contributed by atoms with van der Waals surface area (Å²) >= 11 is 0. The molecule has 0 aliphatic rings. The van der Waals surface area contributed by atoms with Gasteiger partial charge in [-0.2, -0.15) is 0 Å². The van der Waals surface area contributed by atoms with Crippen molar-refractivity contribution in [3.63, 3.8) is 0 Å². The van der Waals surface area contributed by atoms with E-state index in [0.29, 0.717) is 0 Å². The van der Waals surface area contributed by atoms with Gasteiger partial charge in [0.05, 0.1) is 6.61 Å². The van der Waals surface area contributed by atoms with Crippen molar-refractivity contribution < 1.29 is 5.11 Å². The van der Waals surface area contributed by atoms with Gasteiger partial charge in [0.2, 0.25) is 0 Å². The summed E-state index contributed by atoms with van der Waals surface area (Å²) in [6, 6.07) is 0. The predicted octanol–water partition coefficient (Wildman–Crippen LogP) is 2.06. The van der Waals surface area contributed by atoms with Crippen LogP contribution in [-0.4, -0.2) is 11.7 Å². The Morgan fingerprint density at radius 2 is 2.00 bits per heavy atom. The first kappa shape index (κ1) is 9.18. The first-order valence-electron chi connectivity index (χ1n) is 3.35. The Hall–Kier alpha value is -0.820. The molecule has 0 radical (unpaired) electrons. The first-order valence-corrected chi connectivity index (χ1v) is 3.35. The summed E-state index contributed by atoms with van der Waals surface area (Å²) in [5.41, 5.74) is 1.01. The fourth-order valence-corrected chi connectivity index (χ4v) is 0.648. The van der Waals surface area contributed by atoms with Crippen LogP contribution in [0.5, 0.6) is 0 Å². The van der Waals surface area contributed by atoms with Crippen LogP contribution in [0.15, 0.2) is 37.0 Å². The van der Waals surface area contributed by atoms with Gasteiger partial charge in [0.15, 0.2) is 0 Å². The first-order chi connectivity index (χ1) is 4.85. The normalized spacial score (nSPS) is 11.1. The maximum Gasteiger partial charge on any atom is 0.0644 e. The van der Waals surface area contributed by atoms with Crippen LogP contribution in [0.25, 0.3) is 0 Å². The molecule has 1 N–H and O–H groups in total. The minimum Gasteiger partial charge on any atom is -0.392 e. The second kappa shape index (κ2) is 6.30. The molecule has 1 heteroatoms. The second-order valence-electron chi connectivity index (χ2n) is 2.04. The van der Waals surface area contributed by atoms with E-state index in [1.807, 2.05) is 6.08 Å². The molecule has 56 valence electrons. The molecule has 0 rings (SSSR count). The van der Waals surface area contributed by atoms with E-state index >= 15 is 0 Å². The highest BCUT2D eigenvalue weighted by molar-refractivity contribution is 5.07. The predicted molar refractivity (Wildman–Crippen MR) is 44.8 cm³/mol. The molecule has 0 aliphatic heterocycles. The maximum absolute atomic E-state index is 8.73.